The molecule has 2 heterocycles. The Bertz CT molecular complexity index is 1690. The predicted octanol–water partition coefficient (Wildman–Crippen LogP) is 6.28. The first-order chi connectivity index (χ1) is 24.1. The van der Waals surface area contributed by atoms with E-state index in [1.165, 1.54) is 0 Å². The largest absolute Gasteiger partial charge is 0.457 e. The van der Waals surface area contributed by atoms with Gasteiger partial charge in [0.05, 0.1) is 24.4 Å². The third-order valence-corrected chi connectivity index (χ3v) is 8.67. The molecule has 2 unspecified atom stereocenters. The van der Waals surface area contributed by atoms with Crippen LogP contribution in [0.15, 0.2) is 107 Å². The normalized spacial score (nSPS) is 16.4. The Balaban J connectivity index is 1.36. The number of carbonyl (C=O) groups excluding carboxylic acids is 3. The van der Waals surface area contributed by atoms with Crippen LogP contribution in [0.5, 0.6) is 11.5 Å². The summed E-state index contributed by atoms with van der Waals surface area (Å²) in [6, 6.07) is 26.2. The number of allylic oxidation sites excluding steroid dienone is 1. The van der Waals surface area contributed by atoms with E-state index in [4.69, 9.17) is 20.2 Å². The predicted molar refractivity (Wildman–Crippen MR) is 195 cm³/mol. The van der Waals surface area contributed by atoms with Gasteiger partial charge in [-0.2, -0.15) is 0 Å². The van der Waals surface area contributed by atoms with Crippen molar-refractivity contribution in [3.63, 3.8) is 0 Å². The number of nitrogens with two attached hydrogens (primary N) is 1. The quantitative estimate of drug-likeness (QED) is 0.199. The van der Waals surface area contributed by atoms with Gasteiger partial charge in [0, 0.05) is 50.8 Å². The molecule has 10 nitrogen and oxygen atoms in total. The van der Waals surface area contributed by atoms with E-state index in [-0.39, 0.29) is 43.0 Å². The van der Waals surface area contributed by atoms with Crippen molar-refractivity contribution in [2.24, 2.45) is 21.6 Å². The molecule has 2 aliphatic rings. The second-order valence-corrected chi connectivity index (χ2v) is 13.4. The van der Waals surface area contributed by atoms with Crippen LogP contribution in [0.25, 0.3) is 0 Å². The van der Waals surface area contributed by atoms with Crippen molar-refractivity contribution < 1.29 is 23.9 Å². The average molecular weight is 678 g/mol. The monoisotopic (exact) mass is 677 g/mol. The molecule has 2 amide bonds. The SMILES string of the molecule is CC(CC(=O)C(COCc1ccccc1)=NC(=O)C(C)(C)N)C1=CN(C(C(=O)N2CCCC2)c2ccc(Oc3ccccc3)cc2)CCC=N1. The summed E-state index contributed by atoms with van der Waals surface area (Å²) < 4.78 is 11.8. The third kappa shape index (κ3) is 10.1. The van der Waals surface area contributed by atoms with Crippen LogP contribution in [0.4, 0.5) is 0 Å². The number of nitrogens with zero attached hydrogens (tertiary/aromatic N) is 4. The number of amides is 2. The molecule has 1 fully saturated rings. The number of ether oxygens (including phenoxy) is 2. The van der Waals surface area contributed by atoms with E-state index in [2.05, 4.69) is 4.99 Å². The van der Waals surface area contributed by atoms with E-state index in [0.29, 0.717) is 24.4 Å². The first kappa shape index (κ1) is 36.4. The lowest BCUT2D eigenvalue weighted by Crippen LogP contribution is -2.41. The molecule has 262 valence electrons. The summed E-state index contributed by atoms with van der Waals surface area (Å²) in [5.41, 5.74) is 7.23. The van der Waals surface area contributed by atoms with Crippen LogP contribution in [-0.2, 0) is 25.7 Å². The van der Waals surface area contributed by atoms with Crippen molar-refractivity contribution in [2.75, 3.05) is 26.2 Å². The number of carbonyl (C=O) groups is 3. The molecule has 3 aromatic rings. The Hall–Kier alpha value is -4.93. The number of benzene rings is 3. The number of para-hydroxylation sites is 1. The molecule has 0 radical (unpaired) electrons. The molecular formula is C40H47N5O5. The summed E-state index contributed by atoms with van der Waals surface area (Å²) in [5, 5.41) is 0. The van der Waals surface area contributed by atoms with E-state index in [0.717, 1.165) is 42.8 Å². The fourth-order valence-corrected chi connectivity index (χ4v) is 5.81. The maximum atomic E-state index is 14.1. The molecule has 2 N–H and O–H groups in total. The van der Waals surface area contributed by atoms with Gasteiger partial charge in [0.1, 0.15) is 23.3 Å². The second-order valence-electron chi connectivity index (χ2n) is 13.4. The van der Waals surface area contributed by atoms with Gasteiger partial charge < -0.3 is 25.0 Å². The van der Waals surface area contributed by atoms with E-state index in [9.17, 15) is 14.4 Å². The summed E-state index contributed by atoms with van der Waals surface area (Å²) in [6.45, 7) is 7.17. The molecule has 0 saturated carbocycles. The Morgan fingerprint density at radius 3 is 2.20 bits per heavy atom. The van der Waals surface area contributed by atoms with Gasteiger partial charge in [0.15, 0.2) is 5.78 Å². The van der Waals surface area contributed by atoms with Gasteiger partial charge in [-0.05, 0) is 62.1 Å². The molecule has 3 aromatic carbocycles. The highest BCUT2D eigenvalue weighted by molar-refractivity contribution is 6.42. The minimum absolute atomic E-state index is 0.0197. The first-order valence-electron chi connectivity index (χ1n) is 17.3. The zero-order valence-electron chi connectivity index (χ0n) is 29.2. The van der Waals surface area contributed by atoms with Crippen LogP contribution in [0.1, 0.15) is 63.6 Å². The lowest BCUT2D eigenvalue weighted by atomic mass is 9.98. The van der Waals surface area contributed by atoms with Gasteiger partial charge in [-0.15, -0.1) is 0 Å². The Morgan fingerprint density at radius 1 is 0.900 bits per heavy atom. The van der Waals surface area contributed by atoms with Gasteiger partial charge in [0.25, 0.3) is 5.91 Å². The molecule has 5 rings (SSSR count). The molecule has 0 aromatic heterocycles. The second kappa shape index (κ2) is 17.1. The number of rotatable bonds is 14. The third-order valence-electron chi connectivity index (χ3n) is 8.67. The van der Waals surface area contributed by atoms with Crippen molar-refractivity contribution in [3.05, 3.63) is 108 Å². The van der Waals surface area contributed by atoms with Crippen molar-refractivity contribution in [1.82, 2.24) is 9.80 Å². The van der Waals surface area contributed by atoms with Gasteiger partial charge in [-0.1, -0.05) is 67.6 Å². The van der Waals surface area contributed by atoms with Crippen LogP contribution in [0, 0.1) is 5.92 Å². The minimum Gasteiger partial charge on any atom is -0.457 e. The number of likely N-dealkylation sites (tertiary alicyclic amines) is 1. The highest BCUT2D eigenvalue weighted by Crippen LogP contribution is 2.31. The molecular weight excluding hydrogens is 630 g/mol. The van der Waals surface area contributed by atoms with Crippen molar-refractivity contribution in [3.8, 4) is 11.5 Å². The van der Waals surface area contributed by atoms with E-state index >= 15 is 0 Å². The molecule has 10 heteroatoms. The summed E-state index contributed by atoms with van der Waals surface area (Å²) in [7, 11) is 0. The fourth-order valence-electron chi connectivity index (χ4n) is 5.81. The number of hydrogen-bond acceptors (Lipinski definition) is 8. The summed E-state index contributed by atoms with van der Waals surface area (Å²) in [6.07, 6.45) is 6.37. The van der Waals surface area contributed by atoms with Crippen LogP contribution in [0.3, 0.4) is 0 Å². The van der Waals surface area contributed by atoms with Gasteiger partial charge in [0.2, 0.25) is 5.91 Å². The standard InChI is InChI=1S/C40H47N5O5/c1-29(25-36(46)35(43-39(48)40(2,3)41)28-49-27-30-13-6-4-7-14-30)34-26-45(24-12-21-42-34)37(38(47)44-22-10-11-23-44)31-17-19-33(20-18-31)50-32-15-8-5-9-16-32/h4-9,13-21,26,29,37H,10-12,22-25,27-28,41H2,1-3H3. The van der Waals surface area contributed by atoms with E-state index in [1.54, 1.807) is 13.8 Å². The maximum Gasteiger partial charge on any atom is 0.265 e. The summed E-state index contributed by atoms with van der Waals surface area (Å²) >= 11 is 0. The van der Waals surface area contributed by atoms with Crippen molar-refractivity contribution in [1.29, 1.82) is 0 Å². The summed E-state index contributed by atoms with van der Waals surface area (Å²) in [5.74, 6) is 0.179. The van der Waals surface area contributed by atoms with Crippen LogP contribution >= 0.6 is 0 Å². The number of ketones is 1. The molecule has 0 spiro atoms. The first-order valence-corrected chi connectivity index (χ1v) is 17.3. The van der Waals surface area contributed by atoms with Gasteiger partial charge >= 0.3 is 0 Å². The minimum atomic E-state index is -1.24. The average Bonchev–Trinajstić information content (AvgIpc) is 3.55. The maximum absolute atomic E-state index is 14.1. The summed E-state index contributed by atoms with van der Waals surface area (Å²) in [4.78, 5) is 53.4. The Kier molecular flexibility index (Phi) is 12.5. The number of hydrogen-bond donors (Lipinski definition) is 1. The zero-order valence-corrected chi connectivity index (χ0v) is 29.2. The molecule has 0 aliphatic carbocycles. The van der Waals surface area contributed by atoms with Crippen LogP contribution in [-0.4, -0.2) is 71.1 Å². The lowest BCUT2D eigenvalue weighted by Gasteiger charge is -2.33. The van der Waals surface area contributed by atoms with Crippen LogP contribution in [0.2, 0.25) is 0 Å². The smallest absolute Gasteiger partial charge is 0.265 e. The molecule has 50 heavy (non-hydrogen) atoms. The van der Waals surface area contributed by atoms with E-state index in [1.807, 2.05) is 114 Å². The topological polar surface area (TPSA) is 127 Å². The van der Waals surface area contributed by atoms with E-state index < -0.39 is 17.5 Å². The highest BCUT2D eigenvalue weighted by Gasteiger charge is 2.33. The van der Waals surface area contributed by atoms with Gasteiger partial charge in [-0.3, -0.25) is 19.4 Å². The highest BCUT2D eigenvalue weighted by atomic mass is 16.5. The zero-order chi connectivity index (χ0) is 35.5. The van der Waals surface area contributed by atoms with Crippen molar-refractivity contribution >= 4 is 29.5 Å². The lowest BCUT2D eigenvalue weighted by molar-refractivity contribution is -0.135. The van der Waals surface area contributed by atoms with Crippen molar-refractivity contribution in [2.45, 2.75) is 64.6 Å². The molecule has 0 bridgehead atoms. The van der Waals surface area contributed by atoms with Gasteiger partial charge in [-0.25, -0.2) is 4.99 Å². The van der Waals surface area contributed by atoms with Crippen LogP contribution < -0.4 is 10.5 Å². The Morgan fingerprint density at radius 2 is 1.54 bits per heavy atom. The molecule has 2 aliphatic heterocycles. The number of Topliss-reactive ketones (excluding diaryl/α,β-unsaturated/α-hetero) is 1. The molecule has 1 saturated heterocycles. The number of aliphatic imine (C=N–C) groups is 2. The Labute approximate surface area is 294 Å². The molecule has 2 atom stereocenters. The fraction of sp³-hybridized carbons (Fsp3) is 0.375.